The summed E-state index contributed by atoms with van der Waals surface area (Å²) in [6, 6.07) is 6.41. The first-order chi connectivity index (χ1) is 18.3. The van der Waals surface area contributed by atoms with Crippen molar-refractivity contribution in [2.75, 3.05) is 0 Å². The Balaban J connectivity index is 1.97. The third-order valence-electron chi connectivity index (χ3n) is 7.74. The third-order valence-corrected chi connectivity index (χ3v) is 7.74. The molecule has 1 N–H and O–H groups in total. The molecule has 3 aliphatic heterocycles. The van der Waals surface area contributed by atoms with Gasteiger partial charge in [-0.3, -0.25) is 0 Å². The van der Waals surface area contributed by atoms with Crippen LogP contribution in [-0.4, -0.2) is 19.9 Å². The molecule has 8 bridgehead atoms. The van der Waals surface area contributed by atoms with Gasteiger partial charge < -0.3 is 9.40 Å². The van der Waals surface area contributed by atoms with Crippen molar-refractivity contribution in [1.29, 1.82) is 0 Å². The molecule has 0 saturated heterocycles. The quantitative estimate of drug-likeness (QED) is 0.426. The van der Waals surface area contributed by atoms with Crippen molar-refractivity contribution in [2.24, 2.45) is 0 Å². The summed E-state index contributed by atoms with van der Waals surface area (Å²) in [5, 5.41) is 0. The maximum atomic E-state index is 6.36. The van der Waals surface area contributed by atoms with E-state index in [2.05, 4.69) is 71.0 Å². The Kier molecular flexibility index (Phi) is 6.78. The summed E-state index contributed by atoms with van der Waals surface area (Å²) in [5.41, 5.74) is 14.6. The van der Waals surface area contributed by atoms with Gasteiger partial charge in [-0.1, -0.05) is 52.0 Å². The number of rotatable bonds is 6. The van der Waals surface area contributed by atoms with Crippen LogP contribution in [0.5, 0.6) is 0 Å². The van der Waals surface area contributed by atoms with Crippen LogP contribution in [0.25, 0.3) is 44.5 Å². The minimum absolute atomic E-state index is 0.506. The van der Waals surface area contributed by atoms with Crippen molar-refractivity contribution in [1.82, 2.24) is 19.9 Å². The average molecular weight is 505 g/mol. The van der Waals surface area contributed by atoms with Crippen LogP contribution in [0.3, 0.4) is 0 Å². The number of aromatic nitrogens is 4. The van der Waals surface area contributed by atoms with Gasteiger partial charge in [-0.15, -0.1) is 0 Å². The van der Waals surface area contributed by atoms with Crippen LogP contribution >= 0.6 is 0 Å². The van der Waals surface area contributed by atoms with Gasteiger partial charge in [0.15, 0.2) is 0 Å². The Morgan fingerprint density at radius 2 is 1.37 bits per heavy atom. The number of aryl methyl sites for hydroxylation is 2. The highest BCUT2D eigenvalue weighted by Crippen LogP contribution is 2.38. The van der Waals surface area contributed by atoms with E-state index in [0.717, 1.165) is 81.8 Å². The fourth-order valence-corrected chi connectivity index (χ4v) is 5.50. The van der Waals surface area contributed by atoms with Crippen molar-refractivity contribution >= 4 is 44.5 Å². The second-order valence-corrected chi connectivity index (χ2v) is 10.2. The van der Waals surface area contributed by atoms with E-state index in [1.54, 1.807) is 6.08 Å². The first kappa shape index (κ1) is 25.7. The van der Waals surface area contributed by atoms with Crippen LogP contribution < -0.4 is 0 Å². The van der Waals surface area contributed by atoms with E-state index >= 15 is 0 Å². The number of nitrogens with zero attached hydrogens (tertiary/aromatic N) is 3. The molecule has 2 aromatic rings. The van der Waals surface area contributed by atoms with E-state index in [9.17, 15) is 0 Å². The molecule has 2 aromatic heterocycles. The highest BCUT2D eigenvalue weighted by molar-refractivity contribution is 5.98. The maximum Gasteiger partial charge on any atom is 0.229 e. The predicted molar refractivity (Wildman–Crippen MR) is 160 cm³/mol. The summed E-state index contributed by atoms with van der Waals surface area (Å²) in [6.45, 7) is 20.9. The van der Waals surface area contributed by atoms with Crippen LogP contribution in [0.4, 0.5) is 0 Å². The summed E-state index contributed by atoms with van der Waals surface area (Å²) in [6.07, 6.45) is 7.73. The second kappa shape index (κ2) is 10.1. The third kappa shape index (κ3) is 4.16. The highest BCUT2D eigenvalue weighted by atomic mass is 16.4. The van der Waals surface area contributed by atoms with Gasteiger partial charge in [0.2, 0.25) is 11.8 Å². The second-order valence-electron chi connectivity index (χ2n) is 10.2. The maximum absolute atomic E-state index is 6.36. The molecule has 3 aliphatic rings. The number of nitrogens with one attached hydrogen (secondary N) is 1. The van der Waals surface area contributed by atoms with Gasteiger partial charge in [0, 0.05) is 27.8 Å². The van der Waals surface area contributed by atoms with Gasteiger partial charge in [-0.25, -0.2) is 15.0 Å². The number of fused-ring (bicyclic) bond motifs is 8. The highest BCUT2D eigenvalue weighted by Gasteiger charge is 2.23. The van der Waals surface area contributed by atoms with Crippen molar-refractivity contribution in [3.63, 3.8) is 0 Å². The summed E-state index contributed by atoms with van der Waals surface area (Å²) in [4.78, 5) is 18.6. The fraction of sp³-hybridized carbons (Fsp3) is 0.303. The molecule has 0 spiro atoms. The van der Waals surface area contributed by atoms with E-state index in [-0.39, 0.29) is 0 Å². The Hall–Kier alpha value is -3.99. The van der Waals surface area contributed by atoms with Crippen molar-refractivity contribution in [2.45, 2.75) is 67.2 Å². The monoisotopic (exact) mass is 504 g/mol. The molecule has 0 amide bonds. The molecule has 0 unspecified atom stereocenters. The molecule has 0 radical (unpaired) electrons. The molecule has 38 heavy (non-hydrogen) atoms. The van der Waals surface area contributed by atoms with Gasteiger partial charge in [-0.2, -0.15) is 0 Å². The fourth-order valence-electron chi connectivity index (χ4n) is 5.50. The predicted octanol–water partition coefficient (Wildman–Crippen LogP) is 8.92. The van der Waals surface area contributed by atoms with E-state index in [1.165, 1.54) is 22.3 Å². The standard InChI is InChI=1S/C33H36N4O/c1-9-13-24-19(6)26-15-28-18(5)23(12-4)33(36-28)38-32-21(8)22(11-3)29(37-32)16-27-20(7)25(14-10-2)31(35-27)17-30(24)34-26/h11-12,15-17,35H,3-4,9-10,13-14H2,1-2,5-8H3. The molecular formula is C33H36N4O. The van der Waals surface area contributed by atoms with Crippen LogP contribution in [0, 0.1) is 6.92 Å². The average Bonchev–Trinajstić information content (AvgIpc) is 3.55. The SMILES string of the molecule is C=CC1=C(C)c2nc1cc1[nH]c(cc3nc(cc4nc(o2)C(C=C)=C4C)C(C)=C3CCC)c(CCC)c1C. The summed E-state index contributed by atoms with van der Waals surface area (Å²) in [5.74, 6) is 1.04. The zero-order valence-corrected chi connectivity index (χ0v) is 23.4. The van der Waals surface area contributed by atoms with Crippen molar-refractivity contribution in [3.8, 4) is 0 Å². The number of H-pyrrole nitrogens is 1. The van der Waals surface area contributed by atoms with E-state index < -0.39 is 0 Å². The Morgan fingerprint density at radius 1 is 0.711 bits per heavy atom. The van der Waals surface area contributed by atoms with Gasteiger partial charge in [0.1, 0.15) is 0 Å². The summed E-state index contributed by atoms with van der Waals surface area (Å²) in [7, 11) is 0. The first-order valence-electron chi connectivity index (χ1n) is 13.5. The van der Waals surface area contributed by atoms with E-state index in [1.807, 2.05) is 13.0 Å². The first-order valence-corrected chi connectivity index (χ1v) is 13.5. The van der Waals surface area contributed by atoms with Crippen LogP contribution in [0.1, 0.15) is 99.6 Å². The zero-order valence-electron chi connectivity index (χ0n) is 23.4. The number of allylic oxidation sites excluding steroid dienone is 8. The Bertz CT molecular complexity index is 1650. The summed E-state index contributed by atoms with van der Waals surface area (Å²) < 4.78 is 6.36. The van der Waals surface area contributed by atoms with Crippen LogP contribution in [0.2, 0.25) is 0 Å². The lowest BCUT2D eigenvalue weighted by Gasteiger charge is -2.02. The lowest BCUT2D eigenvalue weighted by Crippen LogP contribution is -1.86. The molecule has 5 nitrogen and oxygen atoms in total. The van der Waals surface area contributed by atoms with Gasteiger partial charge in [0.05, 0.1) is 22.8 Å². The molecule has 194 valence electrons. The molecule has 0 atom stereocenters. The van der Waals surface area contributed by atoms with E-state index in [0.29, 0.717) is 11.8 Å². The van der Waals surface area contributed by atoms with Gasteiger partial charge >= 0.3 is 0 Å². The van der Waals surface area contributed by atoms with Crippen LogP contribution in [-0.2, 0) is 6.42 Å². The minimum Gasteiger partial charge on any atom is -0.420 e. The van der Waals surface area contributed by atoms with Crippen LogP contribution in [0.15, 0.2) is 47.9 Å². The Labute approximate surface area is 225 Å². The minimum atomic E-state index is 0.506. The Morgan fingerprint density at radius 3 is 2.05 bits per heavy atom. The number of hydrogen-bond donors (Lipinski definition) is 1. The molecule has 0 fully saturated rings. The van der Waals surface area contributed by atoms with Crippen molar-refractivity contribution < 1.29 is 4.42 Å². The van der Waals surface area contributed by atoms with Gasteiger partial charge in [-0.05, 0) is 86.6 Å². The smallest absolute Gasteiger partial charge is 0.229 e. The largest absolute Gasteiger partial charge is 0.420 e. The number of aromatic amines is 1. The molecule has 0 aromatic carbocycles. The van der Waals surface area contributed by atoms with E-state index in [4.69, 9.17) is 19.4 Å². The van der Waals surface area contributed by atoms with Gasteiger partial charge in [0.25, 0.3) is 0 Å². The topological polar surface area (TPSA) is 67.6 Å². The molecule has 0 aliphatic carbocycles. The molecule has 5 heteroatoms. The molecule has 5 heterocycles. The van der Waals surface area contributed by atoms with Crippen molar-refractivity contribution in [3.05, 3.63) is 89.2 Å². The number of hydrogen-bond acceptors (Lipinski definition) is 4. The summed E-state index contributed by atoms with van der Waals surface area (Å²) >= 11 is 0. The zero-order chi connectivity index (χ0) is 27.1. The lowest BCUT2D eigenvalue weighted by molar-refractivity contribution is 0.493. The molecule has 0 saturated carbocycles. The lowest BCUT2D eigenvalue weighted by atomic mass is 10.0. The molecule has 5 rings (SSSR count). The normalized spacial score (nSPS) is 14.4. The molecular weight excluding hydrogens is 468 g/mol.